The maximum absolute atomic E-state index is 11.1. The molecule has 28 heavy (non-hydrogen) atoms. The Morgan fingerprint density at radius 1 is 1.25 bits per heavy atom. The van der Waals surface area contributed by atoms with Gasteiger partial charge in [-0.25, -0.2) is 15.0 Å². The van der Waals surface area contributed by atoms with E-state index in [1.54, 1.807) is 18.2 Å². The molecular weight excluding hydrogens is 388 g/mol. The molecule has 146 valence electrons. The van der Waals surface area contributed by atoms with Gasteiger partial charge >= 0.3 is 0 Å². The molecule has 0 amide bonds. The Morgan fingerprint density at radius 3 is 2.82 bits per heavy atom. The number of aliphatic hydroxyl groups is 2. The van der Waals surface area contributed by atoms with E-state index in [0.29, 0.717) is 16.1 Å². The monoisotopic (exact) mass is 404 g/mol. The van der Waals surface area contributed by atoms with E-state index in [-0.39, 0.29) is 17.3 Å². The molecule has 12 heteroatoms. The van der Waals surface area contributed by atoms with Crippen LogP contribution in [-0.2, 0) is 4.74 Å². The van der Waals surface area contributed by atoms with Crippen molar-refractivity contribution in [3.63, 3.8) is 0 Å². The molecule has 0 bridgehead atoms. The van der Waals surface area contributed by atoms with Gasteiger partial charge in [0, 0.05) is 11.8 Å². The first-order valence-electron chi connectivity index (χ1n) is 8.28. The van der Waals surface area contributed by atoms with Crippen LogP contribution in [0.5, 0.6) is 0 Å². The Balaban J connectivity index is 1.54. The van der Waals surface area contributed by atoms with Gasteiger partial charge in [0.25, 0.3) is 5.69 Å². The van der Waals surface area contributed by atoms with E-state index < -0.39 is 29.5 Å². The van der Waals surface area contributed by atoms with Gasteiger partial charge in [0.1, 0.15) is 24.1 Å². The molecule has 3 heterocycles. The molecule has 2 aromatic heterocycles. The zero-order valence-electron chi connectivity index (χ0n) is 14.3. The number of rotatable bonds is 5. The Labute approximate surface area is 162 Å². The zero-order valence-corrected chi connectivity index (χ0v) is 15.1. The van der Waals surface area contributed by atoms with Gasteiger partial charge in [-0.05, 0) is 6.07 Å². The van der Waals surface area contributed by atoms with Crippen molar-refractivity contribution in [2.45, 2.75) is 29.4 Å². The predicted molar refractivity (Wildman–Crippen MR) is 99.5 cm³/mol. The predicted octanol–water partition coefficient (Wildman–Crippen LogP) is 0.728. The topological polar surface area (TPSA) is 162 Å². The van der Waals surface area contributed by atoms with E-state index in [1.165, 1.54) is 35.0 Å². The van der Waals surface area contributed by atoms with Gasteiger partial charge in [-0.2, -0.15) is 0 Å². The Hall–Kier alpha value is -2.80. The summed E-state index contributed by atoms with van der Waals surface area (Å²) in [5, 5.41) is 32.0. The molecule has 3 aromatic rings. The number of nitro groups is 1. The summed E-state index contributed by atoms with van der Waals surface area (Å²) in [6, 6.07) is 6.32. The van der Waals surface area contributed by atoms with Crippen LogP contribution >= 0.6 is 11.8 Å². The molecule has 1 aliphatic heterocycles. The quantitative estimate of drug-likeness (QED) is 0.314. The molecule has 0 saturated carbocycles. The second-order valence-electron chi connectivity index (χ2n) is 6.17. The summed E-state index contributed by atoms with van der Waals surface area (Å²) in [6.45, 7) is 0. The van der Waals surface area contributed by atoms with Crippen molar-refractivity contribution in [1.29, 1.82) is 0 Å². The number of nitro benzene ring substituents is 1. The zero-order chi connectivity index (χ0) is 19.8. The fraction of sp³-hybridized carbons (Fsp3) is 0.312. The molecule has 1 fully saturated rings. The first-order valence-corrected chi connectivity index (χ1v) is 9.26. The van der Waals surface area contributed by atoms with Crippen molar-refractivity contribution >= 4 is 34.4 Å². The number of nitrogens with zero attached hydrogens (tertiary/aromatic N) is 5. The lowest BCUT2D eigenvalue weighted by molar-refractivity contribution is -0.387. The number of hydrogen-bond acceptors (Lipinski definition) is 10. The third-order valence-corrected chi connectivity index (χ3v) is 5.61. The van der Waals surface area contributed by atoms with Crippen molar-refractivity contribution in [2.24, 2.45) is 0 Å². The summed E-state index contributed by atoms with van der Waals surface area (Å²) >= 11 is 1.18. The van der Waals surface area contributed by atoms with Crippen molar-refractivity contribution in [3.05, 3.63) is 47.0 Å². The van der Waals surface area contributed by atoms with E-state index in [9.17, 15) is 20.3 Å². The number of aromatic nitrogens is 4. The number of nitrogens with two attached hydrogens (primary N) is 1. The highest BCUT2D eigenvalue weighted by atomic mass is 32.2. The molecule has 0 unspecified atom stereocenters. The molecule has 1 aromatic carbocycles. The van der Waals surface area contributed by atoms with E-state index in [0.717, 1.165) is 0 Å². The van der Waals surface area contributed by atoms with Crippen LogP contribution in [-0.4, -0.2) is 58.7 Å². The molecule has 4 atom stereocenters. The van der Waals surface area contributed by atoms with Gasteiger partial charge in [-0.15, -0.1) is 11.8 Å². The lowest BCUT2D eigenvalue weighted by atomic mass is 10.1. The van der Waals surface area contributed by atoms with Crippen molar-refractivity contribution < 1.29 is 19.9 Å². The first kappa shape index (κ1) is 18.6. The second-order valence-corrected chi connectivity index (χ2v) is 7.23. The van der Waals surface area contributed by atoms with Gasteiger partial charge < -0.3 is 20.7 Å². The van der Waals surface area contributed by atoms with Crippen LogP contribution in [0.25, 0.3) is 11.2 Å². The SMILES string of the molecule is Nc1ncnc2c1ncn2[C@@H]1O[C@H](CSc2ccccc2[N+](=O)[O-])[C@@H](O)[C@H]1O. The van der Waals surface area contributed by atoms with Crippen LogP contribution in [0, 0.1) is 10.1 Å². The number of para-hydroxylation sites is 1. The fourth-order valence-electron chi connectivity index (χ4n) is 3.05. The maximum atomic E-state index is 11.1. The molecule has 4 rings (SSSR count). The van der Waals surface area contributed by atoms with Crippen LogP contribution in [0.3, 0.4) is 0 Å². The molecule has 4 N–H and O–H groups in total. The Morgan fingerprint density at radius 2 is 2.04 bits per heavy atom. The fourth-order valence-corrected chi connectivity index (χ4v) is 4.14. The Bertz CT molecular complexity index is 1030. The lowest BCUT2D eigenvalue weighted by Gasteiger charge is -2.16. The van der Waals surface area contributed by atoms with Gasteiger partial charge in [0.2, 0.25) is 0 Å². The summed E-state index contributed by atoms with van der Waals surface area (Å²) in [7, 11) is 0. The maximum Gasteiger partial charge on any atom is 0.282 e. The number of hydrogen-bond donors (Lipinski definition) is 3. The molecule has 0 spiro atoms. The summed E-state index contributed by atoms with van der Waals surface area (Å²) < 4.78 is 7.31. The van der Waals surface area contributed by atoms with Gasteiger partial charge in [-0.3, -0.25) is 14.7 Å². The number of aliphatic hydroxyl groups excluding tert-OH is 2. The number of nitrogen functional groups attached to an aromatic ring is 1. The molecule has 1 saturated heterocycles. The summed E-state index contributed by atoms with van der Waals surface area (Å²) in [4.78, 5) is 23.2. The number of anilines is 1. The Kier molecular flexibility index (Phi) is 4.85. The third kappa shape index (κ3) is 3.16. The number of imidazole rings is 1. The highest BCUT2D eigenvalue weighted by Gasteiger charge is 2.44. The van der Waals surface area contributed by atoms with E-state index in [4.69, 9.17) is 10.5 Å². The van der Waals surface area contributed by atoms with Crippen LogP contribution in [0.1, 0.15) is 6.23 Å². The third-order valence-electron chi connectivity index (χ3n) is 4.46. The number of fused-ring (bicyclic) bond motifs is 1. The van der Waals surface area contributed by atoms with Gasteiger partial charge in [0.05, 0.1) is 22.3 Å². The number of ether oxygens (including phenoxy) is 1. The smallest absolute Gasteiger partial charge is 0.282 e. The van der Waals surface area contributed by atoms with Crippen molar-refractivity contribution in [3.8, 4) is 0 Å². The van der Waals surface area contributed by atoms with Crippen LogP contribution in [0.2, 0.25) is 0 Å². The lowest BCUT2D eigenvalue weighted by Crippen LogP contribution is -2.32. The second kappa shape index (κ2) is 7.31. The van der Waals surface area contributed by atoms with Gasteiger partial charge in [0.15, 0.2) is 17.7 Å². The molecule has 0 radical (unpaired) electrons. The minimum Gasteiger partial charge on any atom is -0.387 e. The average Bonchev–Trinajstić information content (AvgIpc) is 3.23. The summed E-state index contributed by atoms with van der Waals surface area (Å²) in [5.74, 6) is 0.406. The van der Waals surface area contributed by atoms with Crippen LogP contribution < -0.4 is 5.73 Å². The minimum atomic E-state index is -1.23. The average molecular weight is 404 g/mol. The van der Waals surface area contributed by atoms with Crippen molar-refractivity contribution in [2.75, 3.05) is 11.5 Å². The first-order chi connectivity index (χ1) is 13.5. The highest BCUT2D eigenvalue weighted by molar-refractivity contribution is 7.99. The highest BCUT2D eigenvalue weighted by Crippen LogP contribution is 2.36. The summed E-state index contributed by atoms with van der Waals surface area (Å²) in [6.07, 6.45) is -1.41. The molecular formula is C16H16N6O5S. The summed E-state index contributed by atoms with van der Waals surface area (Å²) in [5.41, 5.74) is 6.48. The van der Waals surface area contributed by atoms with E-state index in [1.807, 2.05) is 0 Å². The van der Waals surface area contributed by atoms with Crippen LogP contribution in [0.4, 0.5) is 11.5 Å². The van der Waals surface area contributed by atoms with Crippen molar-refractivity contribution in [1.82, 2.24) is 19.5 Å². The standard InChI is InChI=1S/C16H16N6O5S/c17-14-11-15(19-6-18-14)21(7-20-11)16-13(24)12(23)9(27-16)5-28-10-4-2-1-3-8(10)22(25)26/h1-4,6-7,9,12-13,16,23-24H,5H2,(H2,17,18,19)/t9-,12-,13-,16-/m1/s1. The van der Waals surface area contributed by atoms with E-state index in [2.05, 4.69) is 15.0 Å². The van der Waals surface area contributed by atoms with Crippen LogP contribution in [0.15, 0.2) is 41.8 Å². The number of benzene rings is 1. The number of thioether (sulfide) groups is 1. The molecule has 11 nitrogen and oxygen atoms in total. The van der Waals surface area contributed by atoms with Gasteiger partial charge in [-0.1, -0.05) is 12.1 Å². The minimum absolute atomic E-state index is 0.0233. The molecule has 1 aliphatic rings. The molecule has 0 aliphatic carbocycles. The van der Waals surface area contributed by atoms with E-state index >= 15 is 0 Å². The normalized spacial score (nSPS) is 24.6. The largest absolute Gasteiger partial charge is 0.387 e.